The number of hydrogen-bond acceptors (Lipinski definition) is 5. The summed E-state index contributed by atoms with van der Waals surface area (Å²) in [6, 6.07) is 7.89. The molecule has 0 fully saturated rings. The number of carbonyl (C=O) groups excluding carboxylic acids is 1. The number of aromatic nitrogens is 3. The van der Waals surface area contributed by atoms with Gasteiger partial charge in [-0.2, -0.15) is 5.10 Å². The Morgan fingerprint density at radius 2 is 2.12 bits per heavy atom. The first-order chi connectivity index (χ1) is 12.2. The van der Waals surface area contributed by atoms with Crippen molar-refractivity contribution in [3.63, 3.8) is 0 Å². The Hall–Kier alpha value is -2.90. The minimum atomic E-state index is -0.266. The van der Waals surface area contributed by atoms with Gasteiger partial charge >= 0.3 is 6.03 Å². The number of nitrogens with zero attached hydrogens (tertiary/aromatic N) is 4. The average Bonchev–Trinajstić information content (AvgIpc) is 3.27. The molecule has 0 radical (unpaired) electrons. The SMILES string of the molecule is CCn1ncnc1CNC(=O)NC[C@@H]1CC(c2ccc(C)cc2)=NO1. The zero-order chi connectivity index (χ0) is 17.6. The lowest BCUT2D eigenvalue weighted by molar-refractivity contribution is 0.0865. The van der Waals surface area contributed by atoms with Crippen LogP contribution in [0, 0.1) is 6.92 Å². The second-order valence-corrected chi connectivity index (χ2v) is 5.89. The molecule has 25 heavy (non-hydrogen) atoms. The van der Waals surface area contributed by atoms with Crippen molar-refractivity contribution in [2.75, 3.05) is 6.54 Å². The molecule has 2 amide bonds. The molecular formula is C17H22N6O2. The first kappa shape index (κ1) is 16.9. The van der Waals surface area contributed by atoms with Crippen molar-refractivity contribution < 1.29 is 9.63 Å². The monoisotopic (exact) mass is 342 g/mol. The van der Waals surface area contributed by atoms with Crippen LogP contribution in [-0.2, 0) is 17.9 Å². The molecule has 0 bridgehead atoms. The van der Waals surface area contributed by atoms with Crippen molar-refractivity contribution in [2.45, 2.75) is 39.5 Å². The first-order valence-corrected chi connectivity index (χ1v) is 8.34. The van der Waals surface area contributed by atoms with Crippen molar-refractivity contribution in [3.8, 4) is 0 Å². The van der Waals surface area contributed by atoms with Gasteiger partial charge in [0.15, 0.2) is 6.10 Å². The largest absolute Gasteiger partial charge is 0.390 e. The molecule has 1 aliphatic heterocycles. The van der Waals surface area contributed by atoms with Crippen LogP contribution < -0.4 is 10.6 Å². The van der Waals surface area contributed by atoms with E-state index in [2.05, 4.69) is 25.9 Å². The maximum absolute atomic E-state index is 11.9. The van der Waals surface area contributed by atoms with Crippen LogP contribution in [0.15, 0.2) is 35.7 Å². The number of amides is 2. The maximum Gasteiger partial charge on any atom is 0.315 e. The third-order valence-electron chi connectivity index (χ3n) is 4.01. The quantitative estimate of drug-likeness (QED) is 0.834. The standard InChI is InChI=1S/C17H22N6O2/c1-3-23-16(20-11-21-23)10-19-17(24)18-9-14-8-15(22-25-14)13-6-4-12(2)5-7-13/h4-7,11,14H,3,8-10H2,1-2H3,(H2,18,19,24)/t14-/m0/s1. The van der Waals surface area contributed by atoms with Crippen molar-refractivity contribution in [3.05, 3.63) is 47.5 Å². The fourth-order valence-electron chi connectivity index (χ4n) is 2.57. The minimum absolute atomic E-state index is 0.152. The molecule has 0 unspecified atom stereocenters. The molecule has 2 N–H and O–H groups in total. The Kier molecular flexibility index (Phi) is 5.27. The lowest BCUT2D eigenvalue weighted by Gasteiger charge is -2.11. The van der Waals surface area contributed by atoms with Crippen molar-refractivity contribution in [1.82, 2.24) is 25.4 Å². The van der Waals surface area contributed by atoms with Gasteiger partial charge in [-0.1, -0.05) is 35.0 Å². The minimum Gasteiger partial charge on any atom is -0.390 e. The topological polar surface area (TPSA) is 93.4 Å². The lowest BCUT2D eigenvalue weighted by Crippen LogP contribution is -2.39. The second kappa shape index (κ2) is 7.78. The molecule has 0 aliphatic carbocycles. The van der Waals surface area contributed by atoms with E-state index in [0.29, 0.717) is 26.1 Å². The number of nitrogens with one attached hydrogen (secondary N) is 2. The molecular weight excluding hydrogens is 320 g/mol. The van der Waals surface area contributed by atoms with Gasteiger partial charge in [-0.15, -0.1) is 0 Å². The number of carbonyl (C=O) groups is 1. The van der Waals surface area contributed by atoms with E-state index in [-0.39, 0.29) is 12.1 Å². The van der Waals surface area contributed by atoms with Crippen LogP contribution in [0.2, 0.25) is 0 Å². The van der Waals surface area contributed by atoms with E-state index in [1.807, 2.05) is 38.1 Å². The van der Waals surface area contributed by atoms with E-state index in [4.69, 9.17) is 4.84 Å². The normalized spacial score (nSPS) is 16.2. The molecule has 0 saturated carbocycles. The Morgan fingerprint density at radius 1 is 1.32 bits per heavy atom. The van der Waals surface area contributed by atoms with Gasteiger partial charge in [0.05, 0.1) is 18.8 Å². The van der Waals surface area contributed by atoms with Crippen LogP contribution in [0.5, 0.6) is 0 Å². The van der Waals surface area contributed by atoms with E-state index in [1.54, 1.807) is 4.68 Å². The predicted octanol–water partition coefficient (Wildman–Crippen LogP) is 1.60. The predicted molar refractivity (Wildman–Crippen MR) is 93.1 cm³/mol. The van der Waals surface area contributed by atoms with Crippen LogP contribution in [0.25, 0.3) is 0 Å². The number of hydrogen-bond donors (Lipinski definition) is 2. The molecule has 0 spiro atoms. The highest BCUT2D eigenvalue weighted by Gasteiger charge is 2.22. The molecule has 2 aromatic rings. The van der Waals surface area contributed by atoms with Crippen molar-refractivity contribution in [1.29, 1.82) is 0 Å². The van der Waals surface area contributed by atoms with Crippen molar-refractivity contribution in [2.24, 2.45) is 5.16 Å². The highest BCUT2D eigenvalue weighted by Crippen LogP contribution is 2.16. The van der Waals surface area contributed by atoms with Crippen LogP contribution >= 0.6 is 0 Å². The zero-order valence-corrected chi connectivity index (χ0v) is 14.4. The highest BCUT2D eigenvalue weighted by molar-refractivity contribution is 6.01. The van der Waals surface area contributed by atoms with Gasteiger partial charge in [0.2, 0.25) is 0 Å². The molecule has 8 nitrogen and oxygen atoms in total. The summed E-state index contributed by atoms with van der Waals surface area (Å²) < 4.78 is 1.74. The molecule has 1 aromatic carbocycles. The molecule has 1 aliphatic rings. The smallest absolute Gasteiger partial charge is 0.315 e. The average molecular weight is 342 g/mol. The summed E-state index contributed by atoms with van der Waals surface area (Å²) >= 11 is 0. The summed E-state index contributed by atoms with van der Waals surface area (Å²) in [7, 11) is 0. The first-order valence-electron chi connectivity index (χ1n) is 8.34. The van der Waals surface area contributed by atoms with Crippen LogP contribution in [0.3, 0.4) is 0 Å². The van der Waals surface area contributed by atoms with E-state index in [0.717, 1.165) is 17.1 Å². The third-order valence-corrected chi connectivity index (χ3v) is 4.01. The molecule has 3 rings (SSSR count). The van der Waals surface area contributed by atoms with Gasteiger partial charge in [-0.25, -0.2) is 14.5 Å². The van der Waals surface area contributed by atoms with Crippen molar-refractivity contribution >= 4 is 11.7 Å². The van der Waals surface area contributed by atoms with E-state index < -0.39 is 0 Å². The van der Waals surface area contributed by atoms with Gasteiger partial charge in [0.1, 0.15) is 12.2 Å². The fraction of sp³-hybridized carbons (Fsp3) is 0.412. The summed E-state index contributed by atoms with van der Waals surface area (Å²) in [6.07, 6.45) is 2.00. The molecule has 1 aromatic heterocycles. The zero-order valence-electron chi connectivity index (χ0n) is 14.4. The summed E-state index contributed by atoms with van der Waals surface area (Å²) in [4.78, 5) is 21.4. The van der Waals surface area contributed by atoms with E-state index >= 15 is 0 Å². The van der Waals surface area contributed by atoms with Gasteiger partial charge in [-0.05, 0) is 19.4 Å². The molecule has 8 heteroatoms. The molecule has 0 saturated heterocycles. The third kappa shape index (κ3) is 4.34. The van der Waals surface area contributed by atoms with Crippen LogP contribution in [0.4, 0.5) is 4.79 Å². The Bertz CT molecular complexity index is 753. The number of oxime groups is 1. The molecule has 1 atom stereocenters. The summed E-state index contributed by atoms with van der Waals surface area (Å²) in [5.74, 6) is 0.722. The van der Waals surface area contributed by atoms with Gasteiger partial charge in [-0.3, -0.25) is 0 Å². The second-order valence-electron chi connectivity index (χ2n) is 5.89. The van der Waals surface area contributed by atoms with Gasteiger partial charge in [0.25, 0.3) is 0 Å². The summed E-state index contributed by atoms with van der Waals surface area (Å²) in [5, 5.41) is 13.8. The summed E-state index contributed by atoms with van der Waals surface area (Å²) in [6.45, 7) is 5.46. The Morgan fingerprint density at radius 3 is 2.88 bits per heavy atom. The number of benzene rings is 1. The number of aryl methyl sites for hydroxylation is 2. The Balaban J connectivity index is 1.41. The van der Waals surface area contributed by atoms with E-state index in [1.165, 1.54) is 11.9 Å². The van der Waals surface area contributed by atoms with E-state index in [9.17, 15) is 4.79 Å². The molecule has 132 valence electrons. The summed E-state index contributed by atoms with van der Waals surface area (Å²) in [5.41, 5.74) is 3.16. The van der Waals surface area contributed by atoms with Crippen LogP contribution in [-0.4, -0.2) is 39.2 Å². The number of urea groups is 1. The Labute approximate surface area is 146 Å². The molecule has 2 heterocycles. The maximum atomic E-state index is 11.9. The van der Waals surface area contributed by atoms with Crippen LogP contribution in [0.1, 0.15) is 30.3 Å². The highest BCUT2D eigenvalue weighted by atomic mass is 16.6. The lowest BCUT2D eigenvalue weighted by atomic mass is 10.0. The fourth-order valence-corrected chi connectivity index (χ4v) is 2.57. The number of rotatable bonds is 6. The van der Waals surface area contributed by atoms with Gasteiger partial charge in [0, 0.05) is 13.0 Å². The van der Waals surface area contributed by atoms with Gasteiger partial charge < -0.3 is 15.5 Å².